The molecule has 2 atom stereocenters. The Balaban J connectivity index is 1.54. The van der Waals surface area contributed by atoms with Gasteiger partial charge >= 0.3 is 0 Å². The van der Waals surface area contributed by atoms with Gasteiger partial charge in [0, 0.05) is 32.3 Å². The van der Waals surface area contributed by atoms with E-state index in [4.69, 9.17) is 0 Å². The van der Waals surface area contributed by atoms with Crippen LogP contribution in [0, 0.1) is 17.7 Å². The van der Waals surface area contributed by atoms with Crippen LogP contribution in [0.3, 0.4) is 0 Å². The number of nitrogens with zero attached hydrogens (tertiary/aromatic N) is 3. The second kappa shape index (κ2) is 7.85. The van der Waals surface area contributed by atoms with Crippen molar-refractivity contribution in [3.8, 4) is 0 Å². The van der Waals surface area contributed by atoms with Crippen molar-refractivity contribution in [2.75, 3.05) is 13.1 Å². The van der Waals surface area contributed by atoms with E-state index in [1.807, 2.05) is 11.0 Å². The summed E-state index contributed by atoms with van der Waals surface area (Å²) < 4.78 is 17.3. The molecule has 5 nitrogen and oxygen atoms in total. The minimum Gasteiger partial charge on any atom is -0.342 e. The summed E-state index contributed by atoms with van der Waals surface area (Å²) in [6.07, 6.45) is 5.70. The third kappa shape index (κ3) is 3.71. The maximum absolute atomic E-state index is 13.9. The molecule has 1 saturated heterocycles. The van der Waals surface area contributed by atoms with Gasteiger partial charge < -0.3 is 13.9 Å². The summed E-state index contributed by atoms with van der Waals surface area (Å²) in [4.78, 5) is 27.6. The van der Waals surface area contributed by atoms with Crippen LogP contribution in [0.4, 0.5) is 4.39 Å². The average Bonchev–Trinajstić information content (AvgIpc) is 3.20. The van der Waals surface area contributed by atoms with Crippen LogP contribution in [0.5, 0.6) is 0 Å². The van der Waals surface area contributed by atoms with E-state index in [9.17, 15) is 14.0 Å². The van der Waals surface area contributed by atoms with Crippen molar-refractivity contribution >= 4 is 22.5 Å². The molecular formula is C23H26FN3O2. The summed E-state index contributed by atoms with van der Waals surface area (Å²) in [5.74, 6) is 0.526. The SMILES string of the molecule is C=C[C@H]1C[C@H](C)CN(C(=O)CCCn2c(=O)c3cccn3c3ccc(F)cc32)C1. The Morgan fingerprint density at radius 1 is 1.24 bits per heavy atom. The fourth-order valence-corrected chi connectivity index (χ4v) is 4.47. The number of halogens is 1. The van der Waals surface area contributed by atoms with Crippen LogP contribution in [-0.4, -0.2) is 32.9 Å². The molecule has 3 aromatic rings. The lowest BCUT2D eigenvalue weighted by molar-refractivity contribution is -0.133. The van der Waals surface area contributed by atoms with Crippen molar-refractivity contribution in [1.82, 2.24) is 13.9 Å². The van der Waals surface area contributed by atoms with Crippen molar-refractivity contribution in [3.63, 3.8) is 0 Å². The van der Waals surface area contributed by atoms with Crippen LogP contribution in [-0.2, 0) is 11.3 Å². The number of hydrogen-bond acceptors (Lipinski definition) is 2. The molecule has 0 saturated carbocycles. The highest BCUT2D eigenvalue weighted by molar-refractivity contribution is 5.79. The van der Waals surface area contributed by atoms with E-state index >= 15 is 0 Å². The Hall–Kier alpha value is -2.89. The third-order valence-electron chi connectivity index (χ3n) is 5.85. The fourth-order valence-electron chi connectivity index (χ4n) is 4.47. The van der Waals surface area contributed by atoms with Gasteiger partial charge in [0.25, 0.3) is 5.56 Å². The highest BCUT2D eigenvalue weighted by Crippen LogP contribution is 2.23. The Morgan fingerprint density at radius 3 is 2.86 bits per heavy atom. The maximum Gasteiger partial charge on any atom is 0.275 e. The molecule has 1 aliphatic heterocycles. The third-order valence-corrected chi connectivity index (χ3v) is 5.85. The Bertz CT molecular complexity index is 1130. The van der Waals surface area contributed by atoms with Crippen molar-refractivity contribution < 1.29 is 9.18 Å². The number of likely N-dealkylation sites (tertiary alicyclic amines) is 1. The molecule has 0 unspecified atom stereocenters. The van der Waals surface area contributed by atoms with E-state index in [2.05, 4.69) is 13.5 Å². The van der Waals surface area contributed by atoms with Crippen molar-refractivity contribution in [1.29, 1.82) is 0 Å². The van der Waals surface area contributed by atoms with Crippen molar-refractivity contribution in [2.45, 2.75) is 32.7 Å². The van der Waals surface area contributed by atoms with Gasteiger partial charge in [-0.05, 0) is 55.0 Å². The largest absolute Gasteiger partial charge is 0.342 e. The quantitative estimate of drug-likeness (QED) is 0.616. The number of fused-ring (bicyclic) bond motifs is 3. The summed E-state index contributed by atoms with van der Waals surface area (Å²) in [7, 11) is 0. The highest BCUT2D eigenvalue weighted by atomic mass is 19.1. The van der Waals surface area contributed by atoms with Crippen LogP contribution in [0.1, 0.15) is 26.2 Å². The summed E-state index contributed by atoms with van der Waals surface area (Å²) in [6, 6.07) is 8.04. The van der Waals surface area contributed by atoms with Gasteiger partial charge in [-0.15, -0.1) is 6.58 Å². The van der Waals surface area contributed by atoms with Gasteiger partial charge in [-0.25, -0.2) is 4.39 Å². The van der Waals surface area contributed by atoms with E-state index < -0.39 is 0 Å². The van der Waals surface area contributed by atoms with Gasteiger partial charge in [-0.3, -0.25) is 9.59 Å². The van der Waals surface area contributed by atoms with E-state index in [-0.39, 0.29) is 17.3 Å². The molecule has 0 N–H and O–H groups in total. The molecule has 152 valence electrons. The number of aromatic nitrogens is 2. The Morgan fingerprint density at radius 2 is 2.07 bits per heavy atom. The molecule has 2 aromatic heterocycles. The highest BCUT2D eigenvalue weighted by Gasteiger charge is 2.25. The zero-order chi connectivity index (χ0) is 20.5. The molecule has 0 bridgehead atoms. The summed E-state index contributed by atoms with van der Waals surface area (Å²) in [5, 5.41) is 0. The van der Waals surface area contributed by atoms with Gasteiger partial charge in [-0.1, -0.05) is 13.0 Å². The number of hydrogen-bond donors (Lipinski definition) is 0. The molecule has 29 heavy (non-hydrogen) atoms. The molecule has 1 aromatic carbocycles. The Kier molecular flexibility index (Phi) is 5.26. The number of piperidine rings is 1. The van der Waals surface area contributed by atoms with E-state index in [1.54, 1.807) is 33.4 Å². The Labute approximate surface area is 169 Å². The van der Waals surface area contributed by atoms with Gasteiger partial charge in [0.15, 0.2) is 0 Å². The van der Waals surface area contributed by atoms with Crippen LogP contribution in [0.25, 0.3) is 16.6 Å². The minimum atomic E-state index is -0.383. The number of amides is 1. The molecule has 1 aliphatic rings. The lowest BCUT2D eigenvalue weighted by Crippen LogP contribution is -2.42. The fraction of sp³-hybridized carbons (Fsp3) is 0.391. The van der Waals surface area contributed by atoms with Crippen molar-refractivity contribution in [2.24, 2.45) is 11.8 Å². The lowest BCUT2D eigenvalue weighted by Gasteiger charge is -2.35. The van der Waals surface area contributed by atoms with Crippen LogP contribution in [0.2, 0.25) is 0 Å². The molecular weight excluding hydrogens is 369 g/mol. The predicted molar refractivity (Wildman–Crippen MR) is 112 cm³/mol. The summed E-state index contributed by atoms with van der Waals surface area (Å²) in [6.45, 7) is 7.89. The normalized spacial score (nSPS) is 19.7. The maximum atomic E-state index is 13.9. The van der Waals surface area contributed by atoms with Gasteiger partial charge in [-0.2, -0.15) is 0 Å². The number of aryl methyl sites for hydroxylation is 1. The monoisotopic (exact) mass is 395 g/mol. The number of carbonyl (C=O) groups is 1. The zero-order valence-corrected chi connectivity index (χ0v) is 16.7. The topological polar surface area (TPSA) is 46.7 Å². The first-order valence-electron chi connectivity index (χ1n) is 10.2. The first-order chi connectivity index (χ1) is 14.0. The summed E-state index contributed by atoms with van der Waals surface area (Å²) in [5.41, 5.74) is 1.70. The molecule has 0 radical (unpaired) electrons. The minimum absolute atomic E-state index is 0.107. The van der Waals surface area contributed by atoms with Gasteiger partial charge in [0.05, 0.1) is 11.0 Å². The zero-order valence-electron chi connectivity index (χ0n) is 16.7. The second-order valence-electron chi connectivity index (χ2n) is 8.09. The van der Waals surface area contributed by atoms with Crippen LogP contribution >= 0.6 is 0 Å². The number of carbonyl (C=O) groups excluding carboxylic acids is 1. The number of rotatable bonds is 5. The van der Waals surface area contributed by atoms with Crippen LogP contribution in [0.15, 0.2) is 54.0 Å². The van der Waals surface area contributed by atoms with Gasteiger partial charge in [0.1, 0.15) is 11.3 Å². The summed E-state index contributed by atoms with van der Waals surface area (Å²) >= 11 is 0. The number of benzene rings is 1. The molecule has 0 spiro atoms. The van der Waals surface area contributed by atoms with Crippen LogP contribution < -0.4 is 5.56 Å². The molecule has 3 heterocycles. The first-order valence-corrected chi connectivity index (χ1v) is 10.2. The first kappa shape index (κ1) is 19.4. The van der Waals surface area contributed by atoms with E-state index in [0.717, 1.165) is 25.0 Å². The van der Waals surface area contributed by atoms with E-state index in [1.165, 1.54) is 12.1 Å². The smallest absolute Gasteiger partial charge is 0.275 e. The standard InChI is InChI=1S/C23H26FN3O2/c1-3-17-12-16(2)14-25(15-17)22(28)7-5-11-27-21-13-18(24)8-9-19(21)26-10-4-6-20(26)23(27)29/h3-4,6,8-10,13,16-17H,1,5,7,11-12,14-15H2,2H3/t16-,17-/m0/s1. The molecule has 6 heteroatoms. The predicted octanol–water partition coefficient (Wildman–Crippen LogP) is 3.84. The molecule has 0 aliphatic carbocycles. The lowest BCUT2D eigenvalue weighted by atomic mass is 9.90. The van der Waals surface area contributed by atoms with Crippen molar-refractivity contribution in [3.05, 3.63) is 65.4 Å². The molecule has 1 fully saturated rings. The van der Waals surface area contributed by atoms with E-state index in [0.29, 0.717) is 42.3 Å². The van der Waals surface area contributed by atoms with Gasteiger partial charge in [0.2, 0.25) is 5.91 Å². The molecule has 4 rings (SSSR count). The average molecular weight is 395 g/mol. The second-order valence-corrected chi connectivity index (χ2v) is 8.09. The molecule has 1 amide bonds.